The Bertz CT molecular complexity index is 197. The van der Waals surface area contributed by atoms with Gasteiger partial charge in [0.2, 0.25) is 0 Å². The Morgan fingerprint density at radius 2 is 1.62 bits per heavy atom. The molecule has 0 heterocycles. The molecule has 0 saturated heterocycles. The summed E-state index contributed by atoms with van der Waals surface area (Å²) in [5.74, 6) is -0.0865. The van der Waals surface area contributed by atoms with Crippen molar-refractivity contribution in [2.24, 2.45) is 0 Å². The van der Waals surface area contributed by atoms with Crippen LogP contribution in [0.25, 0.3) is 0 Å². The molecule has 0 N–H and O–H groups in total. The second kappa shape index (κ2) is 10.7. The second-order valence-electron chi connectivity index (χ2n) is 4.49. The molecule has 0 aliphatic rings. The molecule has 0 aromatic rings. The molecule has 0 saturated carbocycles. The van der Waals surface area contributed by atoms with Gasteiger partial charge in [0.15, 0.2) is 0 Å². The Labute approximate surface area is 100 Å². The molecule has 2 heteroatoms. The van der Waals surface area contributed by atoms with Crippen molar-refractivity contribution in [2.45, 2.75) is 65.2 Å². The molecule has 0 aromatic heterocycles. The summed E-state index contributed by atoms with van der Waals surface area (Å²) in [5, 5.41) is 0. The van der Waals surface area contributed by atoms with Crippen molar-refractivity contribution < 1.29 is 9.53 Å². The van der Waals surface area contributed by atoms with Crippen LogP contribution in [0.4, 0.5) is 0 Å². The lowest BCUT2D eigenvalue weighted by atomic mass is 10.1. The molecular weight excluding hydrogens is 200 g/mol. The van der Waals surface area contributed by atoms with Gasteiger partial charge in [0.1, 0.15) is 6.61 Å². The molecule has 94 valence electrons. The molecule has 0 spiro atoms. The van der Waals surface area contributed by atoms with Gasteiger partial charge in [-0.05, 0) is 18.9 Å². The Morgan fingerprint density at radius 1 is 1.06 bits per heavy atom. The highest BCUT2D eigenvalue weighted by atomic mass is 16.5. The quantitative estimate of drug-likeness (QED) is 0.316. The topological polar surface area (TPSA) is 26.3 Å². The van der Waals surface area contributed by atoms with Gasteiger partial charge in [-0.1, -0.05) is 52.0 Å². The molecule has 0 rings (SSSR count). The van der Waals surface area contributed by atoms with Crippen LogP contribution >= 0.6 is 0 Å². The zero-order chi connectivity index (χ0) is 12.2. The Kier molecular flexibility index (Phi) is 10.2. The van der Waals surface area contributed by atoms with Gasteiger partial charge in [0.25, 0.3) is 0 Å². The van der Waals surface area contributed by atoms with Gasteiger partial charge in [-0.2, -0.15) is 0 Å². The van der Waals surface area contributed by atoms with E-state index in [9.17, 15) is 4.79 Å². The van der Waals surface area contributed by atoms with Gasteiger partial charge in [0.05, 0.1) is 0 Å². The average molecular weight is 226 g/mol. The summed E-state index contributed by atoms with van der Waals surface area (Å²) in [6.07, 6.45) is 9.15. The van der Waals surface area contributed by atoms with E-state index < -0.39 is 0 Å². The first kappa shape index (κ1) is 15.2. The van der Waals surface area contributed by atoms with Crippen molar-refractivity contribution in [1.82, 2.24) is 0 Å². The molecule has 0 bridgehead atoms. The monoisotopic (exact) mass is 226 g/mol. The Hall–Kier alpha value is -0.790. The second-order valence-corrected chi connectivity index (χ2v) is 4.49. The van der Waals surface area contributed by atoms with Crippen LogP contribution in [-0.4, -0.2) is 12.6 Å². The van der Waals surface area contributed by atoms with Crippen LogP contribution in [0.15, 0.2) is 12.2 Å². The van der Waals surface area contributed by atoms with Crippen molar-refractivity contribution >= 4 is 5.97 Å². The number of hydrogen-bond acceptors (Lipinski definition) is 2. The maximum absolute atomic E-state index is 11.2. The average Bonchev–Trinajstić information content (AvgIpc) is 2.25. The molecule has 0 fully saturated rings. The molecular formula is C14H26O2. The fourth-order valence-electron chi connectivity index (χ4n) is 1.50. The fraction of sp³-hybridized carbons (Fsp3) is 0.786. The van der Waals surface area contributed by atoms with E-state index in [4.69, 9.17) is 4.74 Å². The fourth-order valence-corrected chi connectivity index (χ4v) is 1.50. The van der Waals surface area contributed by atoms with Crippen LogP contribution < -0.4 is 0 Å². The van der Waals surface area contributed by atoms with Crippen LogP contribution in [0.2, 0.25) is 0 Å². The molecule has 0 radical (unpaired) electrons. The third-order valence-electron chi connectivity index (χ3n) is 2.46. The third-order valence-corrected chi connectivity index (χ3v) is 2.46. The van der Waals surface area contributed by atoms with Crippen LogP contribution in [0.3, 0.4) is 0 Å². The maximum Gasteiger partial charge on any atom is 0.306 e. The van der Waals surface area contributed by atoms with Crippen LogP contribution in [0.5, 0.6) is 0 Å². The number of esters is 1. The molecule has 0 amide bonds. The molecule has 2 nitrogen and oxygen atoms in total. The van der Waals surface area contributed by atoms with E-state index in [0.29, 0.717) is 13.0 Å². The lowest BCUT2D eigenvalue weighted by Crippen LogP contribution is -2.05. The minimum atomic E-state index is -0.0865. The summed E-state index contributed by atoms with van der Waals surface area (Å²) in [7, 11) is 0. The standard InChI is InChI=1S/C14H26O2/c1-4-5-6-7-8-9-10-11-14(15)16-12-13(2)3/h2,4-12H2,1,3H3. The van der Waals surface area contributed by atoms with Crippen LogP contribution in [0.1, 0.15) is 65.2 Å². The van der Waals surface area contributed by atoms with Crippen molar-refractivity contribution in [2.75, 3.05) is 6.61 Å². The molecule has 0 aliphatic heterocycles. The summed E-state index contributed by atoms with van der Waals surface area (Å²) < 4.78 is 5.01. The van der Waals surface area contributed by atoms with E-state index in [1.165, 1.54) is 32.1 Å². The molecule has 0 aliphatic carbocycles. The van der Waals surface area contributed by atoms with Gasteiger partial charge < -0.3 is 4.74 Å². The number of ether oxygens (including phenoxy) is 1. The van der Waals surface area contributed by atoms with E-state index in [1.807, 2.05) is 6.92 Å². The number of unbranched alkanes of at least 4 members (excludes halogenated alkanes) is 6. The van der Waals surface area contributed by atoms with Crippen molar-refractivity contribution in [3.05, 3.63) is 12.2 Å². The summed E-state index contributed by atoms with van der Waals surface area (Å²) >= 11 is 0. The molecule has 16 heavy (non-hydrogen) atoms. The molecule has 0 unspecified atom stereocenters. The van der Waals surface area contributed by atoms with Crippen molar-refractivity contribution in [1.29, 1.82) is 0 Å². The van der Waals surface area contributed by atoms with E-state index >= 15 is 0 Å². The minimum Gasteiger partial charge on any atom is -0.461 e. The van der Waals surface area contributed by atoms with Gasteiger partial charge >= 0.3 is 5.97 Å². The van der Waals surface area contributed by atoms with Gasteiger partial charge in [0, 0.05) is 6.42 Å². The van der Waals surface area contributed by atoms with Crippen molar-refractivity contribution in [3.63, 3.8) is 0 Å². The van der Waals surface area contributed by atoms with E-state index in [0.717, 1.165) is 18.4 Å². The van der Waals surface area contributed by atoms with E-state index in [-0.39, 0.29) is 5.97 Å². The first-order valence-corrected chi connectivity index (χ1v) is 6.46. The largest absolute Gasteiger partial charge is 0.461 e. The molecule has 0 aromatic carbocycles. The number of carbonyl (C=O) groups is 1. The highest BCUT2D eigenvalue weighted by Gasteiger charge is 2.01. The lowest BCUT2D eigenvalue weighted by Gasteiger charge is -2.04. The van der Waals surface area contributed by atoms with Crippen molar-refractivity contribution in [3.8, 4) is 0 Å². The Balaban J connectivity index is 3.18. The number of hydrogen-bond donors (Lipinski definition) is 0. The number of rotatable bonds is 10. The Morgan fingerprint density at radius 3 is 2.19 bits per heavy atom. The van der Waals surface area contributed by atoms with E-state index in [2.05, 4.69) is 13.5 Å². The first-order chi connectivity index (χ1) is 7.66. The van der Waals surface area contributed by atoms with Gasteiger partial charge in [-0.3, -0.25) is 4.79 Å². The van der Waals surface area contributed by atoms with Gasteiger partial charge in [-0.15, -0.1) is 0 Å². The summed E-state index contributed by atoms with van der Waals surface area (Å²) in [6, 6.07) is 0. The predicted molar refractivity (Wildman–Crippen MR) is 68.4 cm³/mol. The smallest absolute Gasteiger partial charge is 0.306 e. The van der Waals surface area contributed by atoms with Gasteiger partial charge in [-0.25, -0.2) is 0 Å². The summed E-state index contributed by atoms with van der Waals surface area (Å²) in [6.45, 7) is 8.14. The normalized spacial score (nSPS) is 10.1. The van der Waals surface area contributed by atoms with E-state index in [1.54, 1.807) is 0 Å². The first-order valence-electron chi connectivity index (χ1n) is 6.46. The van der Waals surface area contributed by atoms with Crippen LogP contribution in [0, 0.1) is 0 Å². The van der Waals surface area contributed by atoms with Crippen LogP contribution in [-0.2, 0) is 9.53 Å². The zero-order valence-corrected chi connectivity index (χ0v) is 10.9. The maximum atomic E-state index is 11.2. The summed E-state index contributed by atoms with van der Waals surface area (Å²) in [5.41, 5.74) is 0.896. The molecule has 0 atom stereocenters. The minimum absolute atomic E-state index is 0.0865. The zero-order valence-electron chi connectivity index (χ0n) is 10.9. The SMILES string of the molecule is C=C(C)COC(=O)CCCCCCCCC. The summed E-state index contributed by atoms with van der Waals surface area (Å²) in [4.78, 5) is 11.2. The predicted octanol–water partition coefficient (Wildman–Crippen LogP) is 4.25. The highest BCUT2D eigenvalue weighted by molar-refractivity contribution is 5.69. The highest BCUT2D eigenvalue weighted by Crippen LogP contribution is 2.08. The number of carbonyl (C=O) groups excluding carboxylic acids is 1. The third kappa shape index (κ3) is 11.3. The lowest BCUT2D eigenvalue weighted by molar-refractivity contribution is -0.142.